The van der Waals surface area contributed by atoms with Gasteiger partial charge in [0, 0.05) is 30.6 Å². The fraction of sp³-hybridized carbons (Fsp3) is 0.500. The molecule has 0 saturated carbocycles. The van der Waals surface area contributed by atoms with E-state index in [-0.39, 0.29) is 12.2 Å². The van der Waals surface area contributed by atoms with Crippen LogP contribution in [0.5, 0.6) is 0 Å². The highest BCUT2D eigenvalue weighted by Crippen LogP contribution is 2.31. The predicted octanol–water partition coefficient (Wildman–Crippen LogP) is 2.32. The third-order valence-corrected chi connectivity index (χ3v) is 7.04. The van der Waals surface area contributed by atoms with Crippen molar-refractivity contribution in [2.24, 2.45) is 5.92 Å². The predicted molar refractivity (Wildman–Crippen MR) is 93.7 cm³/mol. The van der Waals surface area contributed by atoms with Crippen LogP contribution in [0.1, 0.15) is 18.4 Å². The number of benzene rings is 1. The van der Waals surface area contributed by atoms with Gasteiger partial charge in [0.15, 0.2) is 6.29 Å². The van der Waals surface area contributed by atoms with Crippen molar-refractivity contribution in [2.75, 3.05) is 26.3 Å². The molecule has 134 valence electrons. The Hall–Kier alpha value is -1.54. The van der Waals surface area contributed by atoms with E-state index in [9.17, 15) is 8.42 Å². The monoisotopic (exact) mass is 362 g/mol. The Morgan fingerprint density at radius 3 is 2.56 bits per heavy atom. The lowest BCUT2D eigenvalue weighted by Gasteiger charge is -2.33. The van der Waals surface area contributed by atoms with Gasteiger partial charge in [-0.15, -0.1) is 0 Å². The maximum atomic E-state index is 13.2. The molecule has 0 radical (unpaired) electrons. The van der Waals surface area contributed by atoms with Crippen molar-refractivity contribution >= 4 is 20.9 Å². The molecule has 7 heteroatoms. The number of nitrogens with zero attached hydrogens (tertiary/aromatic N) is 2. The highest BCUT2D eigenvalue weighted by Gasteiger charge is 2.35. The molecule has 0 N–H and O–H groups in total. The van der Waals surface area contributed by atoms with Gasteiger partial charge < -0.3 is 9.47 Å². The summed E-state index contributed by atoms with van der Waals surface area (Å²) < 4.78 is 39.1. The minimum Gasteiger partial charge on any atom is -0.350 e. The zero-order valence-electron chi connectivity index (χ0n) is 14.2. The first-order chi connectivity index (χ1) is 12.1. The zero-order valence-corrected chi connectivity index (χ0v) is 15.0. The van der Waals surface area contributed by atoms with Crippen LogP contribution in [0, 0.1) is 12.8 Å². The van der Waals surface area contributed by atoms with Gasteiger partial charge in [0.25, 0.3) is 0 Å². The maximum Gasteiger partial charge on any atom is 0.243 e. The van der Waals surface area contributed by atoms with E-state index < -0.39 is 10.0 Å². The quantitative estimate of drug-likeness (QED) is 0.838. The normalized spacial score (nSPS) is 21.2. The Labute approximate surface area is 147 Å². The largest absolute Gasteiger partial charge is 0.350 e. The van der Waals surface area contributed by atoms with Crippen molar-refractivity contribution < 1.29 is 17.9 Å². The van der Waals surface area contributed by atoms with Gasteiger partial charge in [0.1, 0.15) is 0 Å². The first-order valence-corrected chi connectivity index (χ1v) is 10.1. The standard InChI is InChI=1S/C18H22N2O4S/c1-13-4-5-16(15-3-2-8-19-17(13)15)25(21,22)20-9-6-14(7-10-20)18-23-11-12-24-18/h2-5,8,14,18H,6-7,9-12H2,1H3. The summed E-state index contributed by atoms with van der Waals surface area (Å²) in [5, 5.41) is 0.687. The molecule has 0 bridgehead atoms. The summed E-state index contributed by atoms with van der Waals surface area (Å²) in [6.45, 7) is 4.19. The first-order valence-electron chi connectivity index (χ1n) is 8.65. The molecular formula is C18H22N2O4S. The maximum absolute atomic E-state index is 13.2. The Morgan fingerprint density at radius 2 is 1.84 bits per heavy atom. The molecule has 0 aliphatic carbocycles. The summed E-state index contributed by atoms with van der Waals surface area (Å²) in [6.07, 6.45) is 3.03. The lowest BCUT2D eigenvalue weighted by Crippen LogP contribution is -2.41. The van der Waals surface area contributed by atoms with Gasteiger partial charge >= 0.3 is 0 Å². The van der Waals surface area contributed by atoms with Crippen LogP contribution in [0.4, 0.5) is 0 Å². The van der Waals surface area contributed by atoms with Gasteiger partial charge in [-0.2, -0.15) is 4.31 Å². The van der Waals surface area contributed by atoms with Gasteiger partial charge in [0.05, 0.1) is 23.6 Å². The van der Waals surface area contributed by atoms with E-state index in [1.807, 2.05) is 19.1 Å². The molecule has 3 heterocycles. The SMILES string of the molecule is Cc1ccc(S(=O)(=O)N2CCC(C3OCCO3)CC2)c2cccnc12. The Bertz CT molecular complexity index is 870. The van der Waals surface area contributed by atoms with E-state index in [0.717, 1.165) is 23.9 Å². The number of hydrogen-bond acceptors (Lipinski definition) is 5. The molecule has 2 aliphatic rings. The van der Waals surface area contributed by atoms with E-state index in [2.05, 4.69) is 4.98 Å². The summed E-state index contributed by atoms with van der Waals surface area (Å²) in [7, 11) is -3.54. The van der Waals surface area contributed by atoms with Crippen molar-refractivity contribution in [3.05, 3.63) is 36.0 Å². The zero-order chi connectivity index (χ0) is 17.4. The van der Waals surface area contributed by atoms with E-state index in [1.165, 1.54) is 0 Å². The number of pyridine rings is 1. The van der Waals surface area contributed by atoms with Gasteiger partial charge in [-0.3, -0.25) is 4.98 Å². The Balaban J connectivity index is 1.60. The van der Waals surface area contributed by atoms with Crippen LogP contribution in [0.15, 0.2) is 35.4 Å². The van der Waals surface area contributed by atoms with Gasteiger partial charge in [0.2, 0.25) is 10.0 Å². The molecule has 2 fully saturated rings. The van der Waals surface area contributed by atoms with Crippen molar-refractivity contribution in [3.63, 3.8) is 0 Å². The van der Waals surface area contributed by atoms with Gasteiger partial charge in [-0.1, -0.05) is 6.07 Å². The van der Waals surface area contributed by atoms with Crippen LogP contribution in [-0.2, 0) is 19.5 Å². The number of aromatic nitrogens is 1. The minimum absolute atomic E-state index is 0.172. The second kappa shape index (κ2) is 6.64. The summed E-state index contributed by atoms with van der Waals surface area (Å²) in [5.74, 6) is 0.269. The number of sulfonamides is 1. The Morgan fingerprint density at radius 1 is 1.12 bits per heavy atom. The van der Waals surface area contributed by atoms with E-state index in [0.29, 0.717) is 36.6 Å². The molecule has 1 aromatic carbocycles. The fourth-order valence-electron chi connectivity index (χ4n) is 3.69. The number of hydrogen-bond donors (Lipinski definition) is 0. The third-order valence-electron chi connectivity index (χ3n) is 5.08. The molecule has 25 heavy (non-hydrogen) atoms. The molecule has 4 rings (SSSR count). The van der Waals surface area contributed by atoms with Crippen LogP contribution in [0.3, 0.4) is 0 Å². The van der Waals surface area contributed by atoms with Crippen LogP contribution in [0.2, 0.25) is 0 Å². The third kappa shape index (κ3) is 3.06. The van der Waals surface area contributed by atoms with Crippen LogP contribution in [-0.4, -0.2) is 50.3 Å². The van der Waals surface area contributed by atoms with Crippen LogP contribution in [0.25, 0.3) is 10.9 Å². The molecule has 2 aliphatic heterocycles. The molecule has 0 amide bonds. The molecule has 1 aromatic heterocycles. The van der Waals surface area contributed by atoms with E-state index >= 15 is 0 Å². The second-order valence-corrected chi connectivity index (χ2v) is 8.54. The number of piperidine rings is 1. The highest BCUT2D eigenvalue weighted by molar-refractivity contribution is 7.89. The number of ether oxygens (including phenoxy) is 2. The van der Waals surface area contributed by atoms with Crippen molar-refractivity contribution in [3.8, 4) is 0 Å². The smallest absolute Gasteiger partial charge is 0.243 e. The lowest BCUT2D eigenvalue weighted by atomic mass is 9.98. The van der Waals surface area contributed by atoms with Crippen LogP contribution < -0.4 is 0 Å². The summed E-state index contributed by atoms with van der Waals surface area (Å²) in [5.41, 5.74) is 1.72. The average Bonchev–Trinajstić information content (AvgIpc) is 3.17. The molecule has 0 atom stereocenters. The minimum atomic E-state index is -3.54. The fourth-order valence-corrected chi connectivity index (χ4v) is 5.34. The molecular weight excluding hydrogens is 340 g/mol. The molecule has 0 unspecified atom stereocenters. The Kier molecular flexibility index (Phi) is 4.49. The van der Waals surface area contributed by atoms with Crippen molar-refractivity contribution in [1.82, 2.24) is 9.29 Å². The average molecular weight is 362 g/mol. The van der Waals surface area contributed by atoms with Crippen molar-refractivity contribution in [2.45, 2.75) is 31.0 Å². The highest BCUT2D eigenvalue weighted by atomic mass is 32.2. The number of fused-ring (bicyclic) bond motifs is 1. The van der Waals surface area contributed by atoms with E-state index in [1.54, 1.807) is 22.6 Å². The molecule has 2 aromatic rings. The summed E-state index contributed by atoms with van der Waals surface area (Å²) >= 11 is 0. The van der Waals surface area contributed by atoms with Crippen LogP contribution >= 0.6 is 0 Å². The topological polar surface area (TPSA) is 68.7 Å². The van der Waals surface area contributed by atoms with Gasteiger partial charge in [-0.05, 0) is 43.5 Å². The summed E-state index contributed by atoms with van der Waals surface area (Å²) in [4.78, 5) is 4.69. The molecule has 0 spiro atoms. The molecule has 6 nitrogen and oxygen atoms in total. The first kappa shape index (κ1) is 16.9. The number of aryl methyl sites for hydroxylation is 1. The van der Waals surface area contributed by atoms with Crippen molar-refractivity contribution in [1.29, 1.82) is 0 Å². The lowest BCUT2D eigenvalue weighted by molar-refractivity contribution is -0.0938. The molecule has 2 saturated heterocycles. The number of rotatable bonds is 3. The van der Waals surface area contributed by atoms with E-state index in [4.69, 9.17) is 9.47 Å². The van der Waals surface area contributed by atoms with Gasteiger partial charge in [-0.25, -0.2) is 8.42 Å². The second-order valence-electron chi connectivity index (χ2n) is 6.63. The summed E-state index contributed by atoms with van der Waals surface area (Å²) in [6, 6.07) is 7.14.